The Morgan fingerprint density at radius 3 is 2.55 bits per heavy atom. The first-order valence-corrected chi connectivity index (χ1v) is 4.40. The molecule has 1 aliphatic carbocycles. The van der Waals surface area contributed by atoms with Gasteiger partial charge in [-0.05, 0) is 18.8 Å². The Labute approximate surface area is 66.5 Å². The molecule has 0 aromatic heterocycles. The Morgan fingerprint density at radius 1 is 1.27 bits per heavy atom. The maximum absolute atomic E-state index is 10.8. The van der Waals surface area contributed by atoms with Crippen molar-refractivity contribution in [3.05, 3.63) is 0 Å². The Bertz CT molecular complexity index is 163. The standard InChI is InChI=1S/C8H14N2O/c11-8-5-7(9-10-8)6-3-1-2-4-6/h6-7,9H,1-5H2,(H,10,11)/t7-/m0/s1. The van der Waals surface area contributed by atoms with Crippen LogP contribution in [0, 0.1) is 5.92 Å². The van der Waals surface area contributed by atoms with Gasteiger partial charge in [-0.3, -0.25) is 10.2 Å². The smallest absolute Gasteiger partial charge is 0.235 e. The van der Waals surface area contributed by atoms with Crippen molar-refractivity contribution in [3.8, 4) is 0 Å². The van der Waals surface area contributed by atoms with Gasteiger partial charge in [0.1, 0.15) is 0 Å². The van der Waals surface area contributed by atoms with Crippen LogP contribution >= 0.6 is 0 Å². The van der Waals surface area contributed by atoms with Gasteiger partial charge in [0.25, 0.3) is 0 Å². The van der Waals surface area contributed by atoms with Crippen molar-refractivity contribution in [2.24, 2.45) is 5.92 Å². The summed E-state index contributed by atoms with van der Waals surface area (Å²) in [5.74, 6) is 0.899. The highest BCUT2D eigenvalue weighted by molar-refractivity contribution is 5.78. The number of rotatable bonds is 1. The van der Waals surface area contributed by atoms with Crippen molar-refractivity contribution < 1.29 is 4.79 Å². The normalized spacial score (nSPS) is 32.7. The second-order valence-electron chi connectivity index (χ2n) is 3.55. The minimum atomic E-state index is 0.155. The molecular formula is C8H14N2O. The lowest BCUT2D eigenvalue weighted by molar-refractivity contribution is -0.119. The van der Waals surface area contributed by atoms with E-state index in [1.54, 1.807) is 0 Å². The highest BCUT2D eigenvalue weighted by Gasteiger charge is 2.30. The highest BCUT2D eigenvalue weighted by atomic mass is 16.2. The predicted molar refractivity (Wildman–Crippen MR) is 41.6 cm³/mol. The molecule has 1 atom stereocenters. The van der Waals surface area contributed by atoms with Gasteiger partial charge in [0.15, 0.2) is 0 Å². The molecule has 0 unspecified atom stereocenters. The lowest BCUT2D eigenvalue weighted by atomic mass is 9.97. The molecule has 11 heavy (non-hydrogen) atoms. The summed E-state index contributed by atoms with van der Waals surface area (Å²) in [5, 5.41) is 0. The van der Waals surface area contributed by atoms with Gasteiger partial charge in [-0.1, -0.05) is 12.8 Å². The highest BCUT2D eigenvalue weighted by Crippen LogP contribution is 2.29. The van der Waals surface area contributed by atoms with E-state index in [-0.39, 0.29) is 5.91 Å². The zero-order valence-corrected chi connectivity index (χ0v) is 6.60. The van der Waals surface area contributed by atoms with Gasteiger partial charge >= 0.3 is 0 Å². The summed E-state index contributed by atoms with van der Waals surface area (Å²) >= 11 is 0. The SMILES string of the molecule is O=C1C[C@@H](C2CCCC2)NN1. The van der Waals surface area contributed by atoms with E-state index in [4.69, 9.17) is 0 Å². The van der Waals surface area contributed by atoms with Gasteiger partial charge in [-0.25, -0.2) is 5.43 Å². The Balaban J connectivity index is 1.90. The first-order chi connectivity index (χ1) is 5.36. The molecule has 0 spiro atoms. The van der Waals surface area contributed by atoms with E-state index in [0.717, 1.165) is 5.92 Å². The fourth-order valence-corrected chi connectivity index (χ4v) is 2.12. The summed E-state index contributed by atoms with van der Waals surface area (Å²) < 4.78 is 0. The average molecular weight is 154 g/mol. The topological polar surface area (TPSA) is 41.1 Å². The molecule has 62 valence electrons. The van der Waals surface area contributed by atoms with Crippen molar-refractivity contribution in [2.45, 2.75) is 38.1 Å². The number of hydrogen-bond donors (Lipinski definition) is 2. The molecule has 1 saturated heterocycles. The van der Waals surface area contributed by atoms with E-state index in [1.165, 1.54) is 25.7 Å². The summed E-state index contributed by atoms with van der Waals surface area (Å²) in [6, 6.07) is 0.421. The summed E-state index contributed by atoms with van der Waals surface area (Å²) in [7, 11) is 0. The van der Waals surface area contributed by atoms with E-state index in [1.807, 2.05) is 0 Å². The van der Waals surface area contributed by atoms with Crippen molar-refractivity contribution in [1.29, 1.82) is 0 Å². The van der Waals surface area contributed by atoms with Gasteiger partial charge in [-0.15, -0.1) is 0 Å². The molecule has 2 rings (SSSR count). The molecule has 3 nitrogen and oxygen atoms in total. The molecule has 1 heterocycles. The third-order valence-corrected chi connectivity index (χ3v) is 2.77. The number of nitrogens with one attached hydrogen (secondary N) is 2. The zero-order valence-electron chi connectivity index (χ0n) is 6.60. The minimum absolute atomic E-state index is 0.155. The molecule has 0 bridgehead atoms. The van der Waals surface area contributed by atoms with Crippen LogP contribution in [0.1, 0.15) is 32.1 Å². The maximum atomic E-state index is 10.8. The average Bonchev–Trinajstić information content (AvgIpc) is 2.55. The molecular weight excluding hydrogens is 140 g/mol. The van der Waals surface area contributed by atoms with E-state index in [0.29, 0.717) is 12.5 Å². The first kappa shape index (κ1) is 7.10. The maximum Gasteiger partial charge on any atom is 0.235 e. The van der Waals surface area contributed by atoms with Crippen molar-refractivity contribution in [3.63, 3.8) is 0 Å². The molecule has 1 saturated carbocycles. The van der Waals surface area contributed by atoms with Crippen LogP contribution in [0.15, 0.2) is 0 Å². The Morgan fingerprint density at radius 2 is 2.00 bits per heavy atom. The van der Waals surface area contributed by atoms with Crippen LogP contribution in [0.25, 0.3) is 0 Å². The summed E-state index contributed by atoms with van der Waals surface area (Å²) in [4.78, 5) is 10.8. The molecule has 0 aromatic carbocycles. The van der Waals surface area contributed by atoms with Crippen LogP contribution in [0.3, 0.4) is 0 Å². The molecule has 2 fully saturated rings. The third-order valence-electron chi connectivity index (χ3n) is 2.77. The van der Waals surface area contributed by atoms with Crippen LogP contribution in [-0.2, 0) is 4.79 Å². The lowest BCUT2D eigenvalue weighted by Crippen LogP contribution is -2.35. The number of hydrogen-bond acceptors (Lipinski definition) is 2. The van der Waals surface area contributed by atoms with Gasteiger partial charge in [0, 0.05) is 12.5 Å². The van der Waals surface area contributed by atoms with Crippen LogP contribution in [0.4, 0.5) is 0 Å². The van der Waals surface area contributed by atoms with Crippen molar-refractivity contribution in [1.82, 2.24) is 10.9 Å². The summed E-state index contributed by atoms with van der Waals surface area (Å²) in [6.07, 6.45) is 5.97. The number of amides is 1. The second kappa shape index (κ2) is 2.81. The monoisotopic (exact) mass is 154 g/mol. The van der Waals surface area contributed by atoms with Crippen LogP contribution in [-0.4, -0.2) is 11.9 Å². The van der Waals surface area contributed by atoms with Crippen LogP contribution in [0.2, 0.25) is 0 Å². The predicted octanol–water partition coefficient (Wildman–Crippen LogP) is 0.570. The molecule has 2 N–H and O–H groups in total. The quantitative estimate of drug-likeness (QED) is 0.579. The molecule has 1 aliphatic heterocycles. The van der Waals surface area contributed by atoms with Crippen molar-refractivity contribution >= 4 is 5.91 Å². The molecule has 0 radical (unpaired) electrons. The second-order valence-corrected chi connectivity index (χ2v) is 3.55. The molecule has 2 aliphatic rings. The van der Waals surface area contributed by atoms with Crippen molar-refractivity contribution in [2.75, 3.05) is 0 Å². The van der Waals surface area contributed by atoms with E-state index < -0.39 is 0 Å². The summed E-state index contributed by atoms with van der Waals surface area (Å²) in [6.45, 7) is 0. The first-order valence-electron chi connectivity index (χ1n) is 4.40. The van der Waals surface area contributed by atoms with E-state index >= 15 is 0 Å². The van der Waals surface area contributed by atoms with E-state index in [9.17, 15) is 4.79 Å². The van der Waals surface area contributed by atoms with Crippen LogP contribution in [0.5, 0.6) is 0 Å². The molecule has 1 amide bonds. The Hall–Kier alpha value is -0.570. The fraction of sp³-hybridized carbons (Fsp3) is 0.875. The Kier molecular flexibility index (Phi) is 1.82. The van der Waals surface area contributed by atoms with Gasteiger partial charge < -0.3 is 0 Å². The van der Waals surface area contributed by atoms with Gasteiger partial charge in [0.2, 0.25) is 5.91 Å². The van der Waals surface area contributed by atoms with Gasteiger partial charge in [0.05, 0.1) is 0 Å². The van der Waals surface area contributed by atoms with Gasteiger partial charge in [-0.2, -0.15) is 0 Å². The fourth-order valence-electron chi connectivity index (χ4n) is 2.12. The molecule has 0 aromatic rings. The summed E-state index contributed by atoms with van der Waals surface area (Å²) in [5.41, 5.74) is 5.71. The third kappa shape index (κ3) is 1.38. The number of carbonyl (C=O) groups is 1. The largest absolute Gasteiger partial charge is 0.291 e. The van der Waals surface area contributed by atoms with E-state index in [2.05, 4.69) is 10.9 Å². The minimum Gasteiger partial charge on any atom is -0.291 e. The molecule has 3 heteroatoms. The number of carbonyl (C=O) groups excluding carboxylic acids is 1. The lowest BCUT2D eigenvalue weighted by Gasteiger charge is -2.15. The number of hydrazine groups is 1. The zero-order chi connectivity index (χ0) is 7.68. The van der Waals surface area contributed by atoms with Crippen LogP contribution < -0.4 is 10.9 Å².